The van der Waals surface area contributed by atoms with E-state index in [0.717, 1.165) is 0 Å². The molecule has 2 N–H and O–H groups in total. The van der Waals surface area contributed by atoms with Crippen LogP contribution in [0, 0.1) is 0 Å². The van der Waals surface area contributed by atoms with Crippen LogP contribution in [0.4, 0.5) is 5.82 Å². The minimum Gasteiger partial charge on any atom is -0.465 e. The van der Waals surface area contributed by atoms with Crippen LogP contribution < -0.4 is 5.73 Å². The number of pyridine rings is 1. The number of anilines is 1. The number of nitrogens with two attached hydrogens (primary N) is 1. The molecule has 0 radical (unpaired) electrons. The summed E-state index contributed by atoms with van der Waals surface area (Å²) >= 11 is 18.1. The van der Waals surface area contributed by atoms with Gasteiger partial charge in [0.2, 0.25) is 0 Å². The van der Waals surface area contributed by atoms with Gasteiger partial charge in [-0.15, -0.1) is 0 Å². The maximum Gasteiger partial charge on any atom is 0.339 e. The zero-order valence-electron chi connectivity index (χ0n) is 10.3. The second-order valence-corrected chi connectivity index (χ2v) is 5.12. The van der Waals surface area contributed by atoms with Crippen molar-refractivity contribution in [2.75, 3.05) is 12.8 Å². The monoisotopic (exact) mass is 330 g/mol. The molecule has 0 spiro atoms. The minimum atomic E-state index is -0.525. The first-order valence-corrected chi connectivity index (χ1v) is 6.56. The second kappa shape index (κ2) is 5.87. The number of hydrogen-bond donors (Lipinski definition) is 1. The Kier molecular flexibility index (Phi) is 4.38. The van der Waals surface area contributed by atoms with Gasteiger partial charge in [-0.3, -0.25) is 0 Å². The van der Waals surface area contributed by atoms with Crippen LogP contribution in [0.2, 0.25) is 15.1 Å². The molecule has 1 aromatic carbocycles. The molecule has 4 nitrogen and oxygen atoms in total. The minimum absolute atomic E-state index is 0.206. The molecule has 7 heteroatoms. The Hall–Kier alpha value is -1.49. The quantitative estimate of drug-likeness (QED) is 0.665. The summed E-state index contributed by atoms with van der Waals surface area (Å²) in [6.07, 6.45) is 1.32. The highest BCUT2D eigenvalue weighted by Crippen LogP contribution is 2.38. The highest BCUT2D eigenvalue weighted by molar-refractivity contribution is 6.45. The van der Waals surface area contributed by atoms with E-state index in [1.54, 1.807) is 6.07 Å². The number of carbonyl (C=O) groups is 1. The molecule has 1 aromatic heterocycles. The molecule has 0 fully saturated rings. The Morgan fingerprint density at radius 1 is 1.20 bits per heavy atom. The molecule has 0 atom stereocenters. The van der Waals surface area contributed by atoms with Gasteiger partial charge in [-0.2, -0.15) is 0 Å². The fraction of sp³-hybridized carbons (Fsp3) is 0.0769. The van der Waals surface area contributed by atoms with Crippen molar-refractivity contribution < 1.29 is 9.53 Å². The molecule has 0 bridgehead atoms. The normalized spacial score (nSPS) is 10.4. The smallest absolute Gasteiger partial charge is 0.339 e. The molecule has 0 amide bonds. The molecular weight excluding hydrogens is 323 g/mol. The van der Waals surface area contributed by atoms with Crippen LogP contribution >= 0.6 is 34.8 Å². The van der Waals surface area contributed by atoms with Crippen LogP contribution in [-0.2, 0) is 4.74 Å². The van der Waals surface area contributed by atoms with Gasteiger partial charge in [0.15, 0.2) is 0 Å². The third kappa shape index (κ3) is 2.82. The summed E-state index contributed by atoms with van der Waals surface area (Å²) in [6.45, 7) is 0. The predicted octanol–water partition coefficient (Wildman–Crippen LogP) is 4.08. The number of benzene rings is 1. The molecule has 0 saturated heterocycles. The molecule has 0 unspecified atom stereocenters. The number of esters is 1. The molecule has 0 saturated carbocycles. The Morgan fingerprint density at radius 2 is 1.90 bits per heavy atom. The lowest BCUT2D eigenvalue weighted by molar-refractivity contribution is 0.0600. The van der Waals surface area contributed by atoms with Crippen molar-refractivity contribution in [1.82, 2.24) is 4.98 Å². The highest BCUT2D eigenvalue weighted by atomic mass is 35.5. The van der Waals surface area contributed by atoms with E-state index in [-0.39, 0.29) is 21.4 Å². The first-order valence-electron chi connectivity index (χ1n) is 5.42. The summed E-state index contributed by atoms with van der Waals surface area (Å²) < 4.78 is 4.64. The van der Waals surface area contributed by atoms with Crippen molar-refractivity contribution >= 4 is 46.6 Å². The Bertz CT molecular complexity index is 690. The molecule has 0 aliphatic carbocycles. The fourth-order valence-corrected chi connectivity index (χ4v) is 2.38. The van der Waals surface area contributed by atoms with Gasteiger partial charge in [0.1, 0.15) is 5.82 Å². The van der Waals surface area contributed by atoms with Crippen molar-refractivity contribution in [1.29, 1.82) is 0 Å². The number of aromatic nitrogens is 1. The Balaban J connectivity index is 2.66. The van der Waals surface area contributed by atoms with Crippen molar-refractivity contribution in [2.24, 2.45) is 0 Å². The fourth-order valence-electron chi connectivity index (χ4n) is 1.67. The van der Waals surface area contributed by atoms with Crippen molar-refractivity contribution in [3.05, 3.63) is 45.0 Å². The van der Waals surface area contributed by atoms with E-state index in [4.69, 9.17) is 40.5 Å². The van der Waals surface area contributed by atoms with Crippen molar-refractivity contribution in [3.8, 4) is 11.1 Å². The van der Waals surface area contributed by atoms with Crippen LogP contribution in [0.15, 0.2) is 24.4 Å². The van der Waals surface area contributed by atoms with Crippen LogP contribution in [0.25, 0.3) is 11.1 Å². The third-order valence-electron chi connectivity index (χ3n) is 2.62. The van der Waals surface area contributed by atoms with E-state index in [1.165, 1.54) is 25.4 Å². The summed E-state index contributed by atoms with van der Waals surface area (Å²) in [7, 11) is 1.28. The van der Waals surface area contributed by atoms with E-state index < -0.39 is 5.97 Å². The molecule has 104 valence electrons. The van der Waals surface area contributed by atoms with Gasteiger partial charge >= 0.3 is 5.97 Å². The Labute approximate surface area is 130 Å². The maximum absolute atomic E-state index is 11.5. The van der Waals surface area contributed by atoms with Crippen LogP contribution in [0.1, 0.15) is 10.4 Å². The van der Waals surface area contributed by atoms with Crippen LogP contribution in [0.5, 0.6) is 0 Å². The third-order valence-corrected chi connectivity index (χ3v) is 3.64. The van der Waals surface area contributed by atoms with Gasteiger partial charge in [-0.1, -0.05) is 34.8 Å². The molecule has 0 aliphatic heterocycles. The Morgan fingerprint density at radius 3 is 2.55 bits per heavy atom. The lowest BCUT2D eigenvalue weighted by atomic mass is 10.0. The molecular formula is C13H9Cl3N2O2. The van der Waals surface area contributed by atoms with Crippen LogP contribution in [-0.4, -0.2) is 18.1 Å². The highest BCUT2D eigenvalue weighted by Gasteiger charge is 2.15. The molecule has 20 heavy (non-hydrogen) atoms. The maximum atomic E-state index is 11.5. The number of hydrogen-bond acceptors (Lipinski definition) is 4. The van der Waals surface area contributed by atoms with Gasteiger partial charge in [0.25, 0.3) is 0 Å². The zero-order valence-corrected chi connectivity index (χ0v) is 12.6. The van der Waals surface area contributed by atoms with Crippen LogP contribution in [0.3, 0.4) is 0 Å². The molecule has 2 rings (SSSR count). The summed E-state index contributed by atoms with van der Waals surface area (Å²) in [5, 5.41) is 0.973. The number of ether oxygens (including phenoxy) is 1. The average Bonchev–Trinajstić information content (AvgIpc) is 2.42. The SMILES string of the molecule is COC(=O)c1cnc(N)c(-c2cc(Cl)cc(Cl)c2Cl)c1. The van der Waals surface area contributed by atoms with Gasteiger partial charge in [-0.05, 0) is 18.2 Å². The van der Waals surface area contributed by atoms with Crippen molar-refractivity contribution in [3.63, 3.8) is 0 Å². The van der Waals surface area contributed by atoms with E-state index >= 15 is 0 Å². The second-order valence-electron chi connectivity index (χ2n) is 3.90. The number of carbonyl (C=O) groups excluding carboxylic acids is 1. The molecule has 0 aliphatic rings. The van der Waals surface area contributed by atoms with E-state index in [2.05, 4.69) is 9.72 Å². The lowest BCUT2D eigenvalue weighted by Crippen LogP contribution is -2.04. The summed E-state index contributed by atoms with van der Waals surface area (Å²) in [5.41, 5.74) is 7.04. The molecule has 2 aromatic rings. The van der Waals surface area contributed by atoms with Gasteiger partial charge in [-0.25, -0.2) is 9.78 Å². The lowest BCUT2D eigenvalue weighted by Gasteiger charge is -2.10. The predicted molar refractivity (Wildman–Crippen MR) is 80.5 cm³/mol. The zero-order chi connectivity index (χ0) is 14.9. The number of nitrogens with zero attached hydrogens (tertiary/aromatic N) is 1. The summed E-state index contributed by atoms with van der Waals surface area (Å²) in [4.78, 5) is 15.5. The number of rotatable bonds is 2. The van der Waals surface area contributed by atoms with E-state index in [0.29, 0.717) is 16.1 Å². The summed E-state index contributed by atoms with van der Waals surface area (Å²) in [6, 6.07) is 4.65. The van der Waals surface area contributed by atoms with Crippen molar-refractivity contribution in [2.45, 2.75) is 0 Å². The number of halogens is 3. The topological polar surface area (TPSA) is 65.2 Å². The largest absolute Gasteiger partial charge is 0.465 e. The standard InChI is InChI=1S/C13H9Cl3N2O2/c1-20-13(19)6-2-9(12(17)18-5-6)8-3-7(14)4-10(15)11(8)16/h2-5H,1H3,(H2,17,18). The van der Waals surface area contributed by atoms with Gasteiger partial charge in [0, 0.05) is 22.3 Å². The average molecular weight is 332 g/mol. The van der Waals surface area contributed by atoms with E-state index in [1.807, 2.05) is 0 Å². The number of methoxy groups -OCH3 is 1. The number of nitrogen functional groups attached to an aromatic ring is 1. The summed E-state index contributed by atoms with van der Waals surface area (Å²) in [5.74, 6) is -0.319. The first-order chi connectivity index (χ1) is 9.43. The van der Waals surface area contributed by atoms with Gasteiger partial charge in [0.05, 0.1) is 22.7 Å². The first kappa shape index (κ1) is 14.9. The molecule has 1 heterocycles. The van der Waals surface area contributed by atoms with E-state index in [9.17, 15) is 4.79 Å². The van der Waals surface area contributed by atoms with Gasteiger partial charge < -0.3 is 10.5 Å².